The number of hydrogen-bond acceptors (Lipinski definition) is 16. The van der Waals surface area contributed by atoms with E-state index in [1.165, 1.54) is 39.5 Å². The molecule has 3 aromatic carbocycles. The Morgan fingerprint density at radius 2 is 0.800 bits per heavy atom. The van der Waals surface area contributed by atoms with Crippen molar-refractivity contribution in [2.24, 2.45) is 0 Å². The van der Waals surface area contributed by atoms with Gasteiger partial charge in [-0.15, -0.1) is 0 Å². The van der Waals surface area contributed by atoms with Crippen molar-refractivity contribution in [2.75, 3.05) is 31.8 Å². The second-order valence-electron chi connectivity index (χ2n) is 34.5. The fraction of sp³-hybridized carbons (Fsp3) is 0.448. The summed E-state index contributed by atoms with van der Waals surface area (Å²) in [6, 6.07) is 28.2. The number of alkyl halides is 1. The first-order valence-corrected chi connectivity index (χ1v) is 56.8. The van der Waals surface area contributed by atoms with Crippen molar-refractivity contribution in [1.82, 2.24) is 86.6 Å². The van der Waals surface area contributed by atoms with Gasteiger partial charge in [-0.2, -0.15) is 15.3 Å². The molecule has 638 valence electrons. The number of fused-ring (bicyclic) bond motifs is 3. The van der Waals surface area contributed by atoms with Gasteiger partial charge >= 0.3 is 17.1 Å². The van der Waals surface area contributed by atoms with E-state index in [-0.39, 0.29) is 54.8 Å². The van der Waals surface area contributed by atoms with E-state index in [2.05, 4.69) is 184 Å². The highest BCUT2D eigenvalue weighted by molar-refractivity contribution is 9.09. The van der Waals surface area contributed by atoms with E-state index >= 15 is 0 Å². The summed E-state index contributed by atoms with van der Waals surface area (Å²) in [5.41, 5.74) is 8.17. The molecule has 0 spiro atoms. The highest BCUT2D eigenvalue weighted by Crippen LogP contribution is 2.26. The smallest absolute Gasteiger partial charge is 0.334 e. The van der Waals surface area contributed by atoms with E-state index in [4.69, 9.17) is 28.9 Å². The van der Waals surface area contributed by atoms with Crippen LogP contribution in [-0.4, -0.2) is 151 Å². The van der Waals surface area contributed by atoms with Gasteiger partial charge in [-0.3, -0.25) is 65.8 Å². The number of H-pyrrole nitrogens is 3. The Bertz CT molecular complexity index is 6000. The van der Waals surface area contributed by atoms with Gasteiger partial charge in [0.05, 0.1) is 40.6 Å². The molecule has 12 aromatic rings. The van der Waals surface area contributed by atoms with Gasteiger partial charge in [-0.05, 0) is 101 Å². The molecule has 0 fully saturated rings. The third-order valence-corrected chi connectivity index (χ3v) is 26.1. The van der Waals surface area contributed by atoms with Crippen molar-refractivity contribution in [3.05, 3.63) is 206 Å². The molecule has 0 aliphatic heterocycles. The molecule has 9 heterocycles. The number of aryl methyl sites for hydroxylation is 3. The Hall–Kier alpha value is -10.4. The number of aromatic nitrogens is 18. The highest BCUT2D eigenvalue weighted by Gasteiger charge is 2.27. The lowest BCUT2D eigenvalue weighted by Gasteiger charge is -2.17. The first kappa shape index (κ1) is 93.5. The van der Waals surface area contributed by atoms with Gasteiger partial charge in [0.25, 0.3) is 16.7 Å². The monoisotopic (exact) mass is 1760 g/mol. The summed E-state index contributed by atoms with van der Waals surface area (Å²) in [5.74, 6) is 20.0. The van der Waals surface area contributed by atoms with E-state index in [0.29, 0.717) is 129 Å². The molecule has 33 heteroatoms. The second kappa shape index (κ2) is 43.2. The van der Waals surface area contributed by atoms with Crippen LogP contribution in [0.3, 0.4) is 0 Å². The Labute approximate surface area is 713 Å². The minimum atomic E-state index is -1.33. The van der Waals surface area contributed by atoms with Gasteiger partial charge in [0, 0.05) is 114 Å². The van der Waals surface area contributed by atoms with E-state index in [9.17, 15) is 28.8 Å². The van der Waals surface area contributed by atoms with Crippen molar-refractivity contribution >= 4 is 81.7 Å². The summed E-state index contributed by atoms with van der Waals surface area (Å²) in [5, 5.41) is 16.4. The van der Waals surface area contributed by atoms with Crippen LogP contribution >= 0.6 is 15.9 Å². The largest absolute Gasteiger partial charge is 0.361 e. The quantitative estimate of drug-likeness (QED) is 0.0157. The molecule has 0 amide bonds. The van der Waals surface area contributed by atoms with Gasteiger partial charge < -0.3 is 23.9 Å². The maximum absolute atomic E-state index is 13.9. The summed E-state index contributed by atoms with van der Waals surface area (Å²) in [4.78, 5) is 98.6. The molecule has 0 bridgehead atoms. The molecule has 0 saturated carbocycles. The Balaban J connectivity index is 0.000000196. The van der Waals surface area contributed by atoms with Crippen LogP contribution in [0, 0.1) is 56.3 Å². The molecular weight excluding hydrogens is 1650 g/mol. The molecule has 0 saturated heterocycles. The molecule has 9 aromatic heterocycles. The van der Waals surface area contributed by atoms with Crippen molar-refractivity contribution in [2.45, 2.75) is 223 Å². The van der Waals surface area contributed by atoms with Gasteiger partial charge in [0.15, 0.2) is 28.0 Å². The van der Waals surface area contributed by atoms with Crippen LogP contribution in [0.25, 0.3) is 67.7 Å². The number of nitrogens with one attached hydrogen (secondary N) is 3. The molecule has 120 heavy (non-hydrogen) atoms. The maximum atomic E-state index is 13.9. The van der Waals surface area contributed by atoms with Gasteiger partial charge in [-0.1, -0.05) is 204 Å². The van der Waals surface area contributed by atoms with Gasteiger partial charge in [-0.25, -0.2) is 29.3 Å². The van der Waals surface area contributed by atoms with Crippen LogP contribution in [0.2, 0.25) is 103 Å². The number of hydrogen-bond donors (Lipinski definition) is 3. The summed E-state index contributed by atoms with van der Waals surface area (Å²) in [6.07, 6.45) is 12.4. The lowest BCUT2D eigenvalue weighted by atomic mass is 10.2. The Morgan fingerprint density at radius 1 is 0.425 bits per heavy atom. The Kier molecular flexibility index (Phi) is 33.7. The van der Waals surface area contributed by atoms with Crippen LogP contribution in [0.15, 0.2) is 139 Å². The standard InChI is InChI=1S/C33H48N6O4Si2.C23H40N6O4Si2.C21H20N6O2.C10H9Br/c1-9-16-37-32(40)29-31(39(33(37)41)25-43-19-21-45(6,7)8)35-30(38(29)24-42-18-20-44(3,4)5)28-22-34-36(23-28)17-10-11-27-14-12-26(2)13-15-27;1-8-9-27-22(30)19-21(29(23(27)31)17-33-11-13-35(5,6)7)26-20(18-14-24-25-15-18)28(19)16-32-10-12-34(2,3)4;1-3-10-27-20(28)17-19(25-21(27)29)24-18(23-17)16-12-22-26(13-16)11-4-5-15-8-6-14(2)7-9-15;1-9-4-6-10(7-5-9)3-2-8-11/h12-15,22-23H,9,16-21,24-25H2,1-8H3;14-15H,8-13,16-17H2,1-7H3,(H,24,25);6-9,12-13H,3,10-11H2,1-2H3,(H,23,24)(H,25,29);4-7H,8H2,1H3. The van der Waals surface area contributed by atoms with Crippen LogP contribution < -0.4 is 33.7 Å². The molecule has 3 N–H and O–H groups in total. The minimum absolute atomic E-state index is 0.0185. The predicted molar refractivity (Wildman–Crippen MR) is 493 cm³/mol. The molecule has 12 rings (SSSR count). The topological polar surface area (TPSA) is 308 Å². The predicted octanol–water partition coefficient (Wildman–Crippen LogP) is 14.2. The number of ether oxygens (including phenoxy) is 4. The molecule has 0 atom stereocenters. The zero-order valence-corrected chi connectivity index (χ0v) is 78.5. The van der Waals surface area contributed by atoms with E-state index in [0.717, 1.165) is 51.8 Å². The van der Waals surface area contributed by atoms with Crippen LogP contribution in [-0.2, 0) is 78.6 Å². The number of nitrogens with zero attached hydrogens (tertiary/aromatic N) is 15. The van der Waals surface area contributed by atoms with E-state index < -0.39 is 49.4 Å². The normalized spacial score (nSPS) is 11.6. The molecule has 0 aliphatic carbocycles. The second-order valence-corrected chi connectivity index (χ2v) is 57.5. The van der Waals surface area contributed by atoms with Crippen molar-refractivity contribution < 1.29 is 18.9 Å². The average Bonchev–Trinajstić information content (AvgIpc) is 1.59. The summed E-state index contributed by atoms with van der Waals surface area (Å²) < 4.78 is 37.8. The van der Waals surface area contributed by atoms with Gasteiger partial charge in [0.1, 0.15) is 63.0 Å². The molecule has 0 radical (unpaired) electrons. The third kappa shape index (κ3) is 26.8. The molecular formula is C87H117BrN18O10Si4. The first-order valence-electron chi connectivity index (χ1n) is 40.9. The lowest BCUT2D eigenvalue weighted by Crippen LogP contribution is -2.41. The third-order valence-electron chi connectivity index (χ3n) is 19.0. The highest BCUT2D eigenvalue weighted by atomic mass is 79.9. The number of aromatic amines is 3. The maximum Gasteiger partial charge on any atom is 0.334 e. The summed E-state index contributed by atoms with van der Waals surface area (Å²) in [6.45, 7) is 43.9. The van der Waals surface area contributed by atoms with Crippen LogP contribution in [0.5, 0.6) is 0 Å². The van der Waals surface area contributed by atoms with Gasteiger partial charge in [0.2, 0.25) is 0 Å². The lowest BCUT2D eigenvalue weighted by molar-refractivity contribution is 0.0847. The zero-order chi connectivity index (χ0) is 87.1. The fourth-order valence-electron chi connectivity index (χ4n) is 12.1. The minimum Gasteiger partial charge on any atom is -0.361 e. The molecule has 0 unspecified atom stereocenters. The van der Waals surface area contributed by atoms with Crippen LogP contribution in [0.4, 0.5) is 0 Å². The number of benzene rings is 3. The molecule has 28 nitrogen and oxygen atoms in total. The Morgan fingerprint density at radius 3 is 1.18 bits per heavy atom. The fourth-order valence-corrected chi connectivity index (χ4v) is 15.2. The SMILES string of the molecule is CCCn1c(=O)[nH]c2nc(-c3cnn(CC#Cc4ccc(C)cc4)c3)[nH]c2c1=O.CCCn1c(=O)c2c(nc(-c3cn[nH]c3)n2COCC[Si](C)(C)C)n(COCC[Si](C)(C)C)c1=O.CCCn1c(=O)c2c(nc(-c3cnn(CC#Cc4ccc(C)cc4)c3)n2COCC[Si](C)(C)C)n(COCC[Si](C)(C)C)c1=O.Cc1ccc(C#CCBr)cc1. The number of rotatable bonds is 31. The van der Waals surface area contributed by atoms with Crippen LogP contribution in [0.1, 0.15) is 73.4 Å². The summed E-state index contributed by atoms with van der Waals surface area (Å²) in [7, 11) is -5.20. The molecule has 0 aliphatic rings. The van der Waals surface area contributed by atoms with E-state index in [1.807, 2.05) is 101 Å². The van der Waals surface area contributed by atoms with Crippen molar-refractivity contribution in [1.29, 1.82) is 0 Å². The summed E-state index contributed by atoms with van der Waals surface area (Å²) >= 11 is 3.25. The number of imidazole rings is 3. The average molecular weight is 1770 g/mol. The van der Waals surface area contributed by atoms with Crippen molar-refractivity contribution in [3.8, 4) is 69.7 Å². The first-order chi connectivity index (χ1) is 57.1. The number of halogens is 1. The zero-order valence-electron chi connectivity index (χ0n) is 72.9. The van der Waals surface area contributed by atoms with Crippen molar-refractivity contribution in [3.63, 3.8) is 0 Å². The van der Waals surface area contributed by atoms with E-state index in [1.54, 1.807) is 49.5 Å².